The number of hydrogen-bond donors (Lipinski definition) is 1. The number of nitrogens with two attached hydrogens (primary N) is 1. The Labute approximate surface area is 116 Å². The molecule has 0 aliphatic rings. The summed E-state index contributed by atoms with van der Waals surface area (Å²) < 4.78 is 15.0. The third-order valence-corrected chi connectivity index (χ3v) is 2.83. The zero-order chi connectivity index (χ0) is 14.5. The predicted molar refractivity (Wildman–Crippen MR) is 74.0 cm³/mol. The van der Waals surface area contributed by atoms with Gasteiger partial charge in [0.25, 0.3) is 0 Å². The molecule has 0 rings (SSSR count). The molecule has 0 aliphatic heterocycles. The van der Waals surface area contributed by atoms with E-state index in [0.717, 1.165) is 12.8 Å². The summed E-state index contributed by atoms with van der Waals surface area (Å²) in [6.45, 7) is 2.99. The van der Waals surface area contributed by atoms with Gasteiger partial charge in [-0.2, -0.15) is 0 Å². The van der Waals surface area contributed by atoms with Crippen LogP contribution in [0.15, 0.2) is 0 Å². The number of methoxy groups -OCH3 is 3. The largest absolute Gasteiger partial charge is 0.385 e. The highest BCUT2D eigenvalue weighted by molar-refractivity contribution is 5.81. The Morgan fingerprint density at radius 3 is 2.16 bits per heavy atom. The highest BCUT2D eigenvalue weighted by Crippen LogP contribution is 2.02. The van der Waals surface area contributed by atoms with Crippen LogP contribution < -0.4 is 5.73 Å². The van der Waals surface area contributed by atoms with Crippen molar-refractivity contribution in [2.45, 2.75) is 25.3 Å². The van der Waals surface area contributed by atoms with E-state index in [2.05, 4.69) is 0 Å². The summed E-state index contributed by atoms with van der Waals surface area (Å²) in [6, 6.07) is -0.463. The van der Waals surface area contributed by atoms with E-state index in [4.69, 9.17) is 19.9 Å². The molecule has 1 amide bonds. The Bertz CT molecular complexity index is 227. The summed E-state index contributed by atoms with van der Waals surface area (Å²) in [6.07, 6.45) is 2.23. The van der Waals surface area contributed by atoms with Crippen LogP contribution in [0.5, 0.6) is 0 Å². The fourth-order valence-corrected chi connectivity index (χ4v) is 1.74. The van der Waals surface area contributed by atoms with Gasteiger partial charge in [-0.15, -0.1) is 0 Å². The van der Waals surface area contributed by atoms with Gasteiger partial charge in [0.1, 0.15) is 0 Å². The fraction of sp³-hybridized carbons (Fsp3) is 0.923. The van der Waals surface area contributed by atoms with Gasteiger partial charge in [-0.05, 0) is 19.3 Å². The molecule has 0 aliphatic carbocycles. The quantitative estimate of drug-likeness (QED) is 0.517. The van der Waals surface area contributed by atoms with Gasteiger partial charge in [-0.25, -0.2) is 0 Å². The van der Waals surface area contributed by atoms with E-state index in [1.165, 1.54) is 0 Å². The van der Waals surface area contributed by atoms with Crippen molar-refractivity contribution in [2.75, 3.05) is 54.2 Å². The van der Waals surface area contributed by atoms with Gasteiger partial charge in [-0.1, -0.05) is 0 Å². The van der Waals surface area contributed by atoms with Crippen LogP contribution in [-0.4, -0.2) is 71.1 Å². The first-order valence-corrected chi connectivity index (χ1v) is 6.68. The molecular formula is C13H28N2O4. The van der Waals surface area contributed by atoms with Gasteiger partial charge in [0.15, 0.2) is 0 Å². The maximum atomic E-state index is 12.2. The highest BCUT2D eigenvalue weighted by Gasteiger charge is 2.20. The molecular weight excluding hydrogens is 248 g/mol. The topological polar surface area (TPSA) is 74.0 Å². The van der Waals surface area contributed by atoms with Crippen molar-refractivity contribution in [3.8, 4) is 0 Å². The molecule has 0 bridgehead atoms. The second kappa shape index (κ2) is 12.3. The minimum Gasteiger partial charge on any atom is -0.385 e. The molecule has 0 radical (unpaired) electrons. The summed E-state index contributed by atoms with van der Waals surface area (Å²) in [4.78, 5) is 14.0. The number of hydrogen-bond acceptors (Lipinski definition) is 5. The molecule has 0 aromatic rings. The number of rotatable bonds is 12. The molecule has 0 spiro atoms. The number of carbonyl (C=O) groups excluding carboxylic acids is 1. The van der Waals surface area contributed by atoms with E-state index in [1.54, 1.807) is 26.2 Å². The van der Waals surface area contributed by atoms with E-state index in [9.17, 15) is 4.79 Å². The zero-order valence-electron chi connectivity index (χ0n) is 12.4. The van der Waals surface area contributed by atoms with Gasteiger partial charge in [0.2, 0.25) is 5.91 Å². The molecule has 0 aromatic heterocycles. The Morgan fingerprint density at radius 1 is 1.00 bits per heavy atom. The predicted octanol–water partition coefficient (Wildman–Crippen LogP) is 0.252. The summed E-state index contributed by atoms with van der Waals surface area (Å²) >= 11 is 0. The first-order valence-electron chi connectivity index (χ1n) is 6.68. The molecule has 6 heteroatoms. The Kier molecular flexibility index (Phi) is 11.9. The van der Waals surface area contributed by atoms with Crippen molar-refractivity contribution in [2.24, 2.45) is 5.73 Å². The molecule has 19 heavy (non-hydrogen) atoms. The summed E-state index contributed by atoms with van der Waals surface area (Å²) in [5.74, 6) is -0.0238. The zero-order valence-corrected chi connectivity index (χ0v) is 12.4. The Balaban J connectivity index is 4.17. The van der Waals surface area contributed by atoms with Gasteiger partial charge >= 0.3 is 0 Å². The summed E-state index contributed by atoms with van der Waals surface area (Å²) in [5, 5.41) is 0. The third-order valence-electron chi connectivity index (χ3n) is 2.83. The lowest BCUT2D eigenvalue weighted by atomic mass is 10.1. The Morgan fingerprint density at radius 2 is 1.58 bits per heavy atom. The second-order valence-corrected chi connectivity index (χ2v) is 4.41. The molecule has 114 valence electrons. The molecule has 2 N–H and O–H groups in total. The number of amides is 1. The SMILES string of the molecule is COCCCC(N)C(=O)N(CCCOC)CCOC. The molecule has 1 atom stereocenters. The molecule has 6 nitrogen and oxygen atoms in total. The normalized spacial score (nSPS) is 12.4. The van der Waals surface area contributed by atoms with Gasteiger partial charge < -0.3 is 24.8 Å². The number of nitrogens with zero attached hydrogens (tertiary/aromatic N) is 1. The lowest BCUT2D eigenvalue weighted by molar-refractivity contribution is -0.133. The van der Waals surface area contributed by atoms with E-state index in [1.807, 2.05) is 0 Å². The second-order valence-electron chi connectivity index (χ2n) is 4.41. The van der Waals surface area contributed by atoms with Crippen molar-refractivity contribution in [1.29, 1.82) is 0 Å². The maximum absolute atomic E-state index is 12.2. The lowest BCUT2D eigenvalue weighted by Gasteiger charge is -2.25. The maximum Gasteiger partial charge on any atom is 0.239 e. The standard InChI is InChI=1S/C13H28N2O4/c1-17-9-4-6-12(14)13(16)15(8-11-19-3)7-5-10-18-2/h12H,4-11,14H2,1-3H3. The molecule has 0 aromatic carbocycles. The van der Waals surface area contributed by atoms with Gasteiger partial charge in [-0.3, -0.25) is 4.79 Å². The molecule has 0 heterocycles. The van der Waals surface area contributed by atoms with Crippen molar-refractivity contribution in [1.82, 2.24) is 4.90 Å². The van der Waals surface area contributed by atoms with Crippen LogP contribution in [0.4, 0.5) is 0 Å². The van der Waals surface area contributed by atoms with E-state index < -0.39 is 6.04 Å². The van der Waals surface area contributed by atoms with Crippen molar-refractivity contribution < 1.29 is 19.0 Å². The van der Waals surface area contributed by atoms with Crippen LogP contribution in [0.1, 0.15) is 19.3 Å². The average molecular weight is 276 g/mol. The highest BCUT2D eigenvalue weighted by atomic mass is 16.5. The van der Waals surface area contributed by atoms with Crippen LogP contribution in [-0.2, 0) is 19.0 Å². The third kappa shape index (κ3) is 8.93. The van der Waals surface area contributed by atoms with Gasteiger partial charge in [0.05, 0.1) is 12.6 Å². The molecule has 1 unspecified atom stereocenters. The summed E-state index contributed by atoms with van der Waals surface area (Å²) in [7, 11) is 4.91. The van der Waals surface area contributed by atoms with Crippen molar-refractivity contribution in [3.63, 3.8) is 0 Å². The van der Waals surface area contributed by atoms with E-state index in [-0.39, 0.29) is 5.91 Å². The lowest BCUT2D eigenvalue weighted by Crippen LogP contribution is -2.45. The van der Waals surface area contributed by atoms with Crippen LogP contribution in [0, 0.1) is 0 Å². The first-order chi connectivity index (χ1) is 9.17. The van der Waals surface area contributed by atoms with Crippen molar-refractivity contribution >= 4 is 5.91 Å². The monoisotopic (exact) mass is 276 g/mol. The molecule has 0 saturated carbocycles. The minimum absolute atomic E-state index is 0.0238. The van der Waals surface area contributed by atoms with Crippen LogP contribution >= 0.6 is 0 Å². The van der Waals surface area contributed by atoms with E-state index >= 15 is 0 Å². The molecule has 0 saturated heterocycles. The van der Waals surface area contributed by atoms with E-state index in [0.29, 0.717) is 39.3 Å². The fourth-order valence-electron chi connectivity index (χ4n) is 1.74. The Hall–Kier alpha value is -0.690. The minimum atomic E-state index is -0.463. The van der Waals surface area contributed by atoms with Crippen LogP contribution in [0.3, 0.4) is 0 Å². The smallest absolute Gasteiger partial charge is 0.239 e. The average Bonchev–Trinajstić information content (AvgIpc) is 2.42. The first kappa shape index (κ1) is 18.3. The number of ether oxygens (including phenoxy) is 3. The van der Waals surface area contributed by atoms with Crippen molar-refractivity contribution in [3.05, 3.63) is 0 Å². The van der Waals surface area contributed by atoms with Gasteiger partial charge in [0, 0.05) is 47.6 Å². The number of carbonyl (C=O) groups is 1. The van der Waals surface area contributed by atoms with Crippen LogP contribution in [0.2, 0.25) is 0 Å². The van der Waals surface area contributed by atoms with Crippen LogP contribution in [0.25, 0.3) is 0 Å². The summed E-state index contributed by atoms with van der Waals surface area (Å²) in [5.41, 5.74) is 5.92. The molecule has 0 fully saturated rings.